The second-order valence-electron chi connectivity index (χ2n) is 1.22. The van der Waals surface area contributed by atoms with Crippen molar-refractivity contribution in [3.05, 3.63) is 32.4 Å². The summed E-state index contributed by atoms with van der Waals surface area (Å²) in [7, 11) is 0. The summed E-state index contributed by atoms with van der Waals surface area (Å²) in [4.78, 5) is 10.2. The third kappa shape index (κ3) is 6.75. The highest BCUT2D eigenvalue weighted by molar-refractivity contribution is 5.81. The van der Waals surface area contributed by atoms with E-state index < -0.39 is 5.97 Å². The molecule has 3 nitrogen and oxygen atoms in total. The molecule has 0 bridgehead atoms. The number of aliphatic hydroxyl groups is 1. The SMILES string of the molecule is C=CC(=O)OCC=CO.[C]. The Morgan fingerprint density at radius 1 is 1.70 bits per heavy atom. The summed E-state index contributed by atoms with van der Waals surface area (Å²) in [5.41, 5.74) is 0. The molecule has 0 aliphatic carbocycles. The predicted octanol–water partition coefficient (Wildman–Crippen LogP) is 0.869. The highest BCUT2D eigenvalue weighted by atomic mass is 16.5. The molecule has 0 aromatic carbocycles. The van der Waals surface area contributed by atoms with Crippen LogP contribution in [0.3, 0.4) is 0 Å². The van der Waals surface area contributed by atoms with Gasteiger partial charge in [0.1, 0.15) is 6.61 Å². The molecular weight excluding hydrogens is 132 g/mol. The lowest BCUT2D eigenvalue weighted by molar-refractivity contribution is -0.136. The molecule has 0 fully saturated rings. The quantitative estimate of drug-likeness (QED) is 0.359. The first-order chi connectivity index (χ1) is 4.31. The van der Waals surface area contributed by atoms with Crippen molar-refractivity contribution in [3.8, 4) is 0 Å². The van der Waals surface area contributed by atoms with Gasteiger partial charge in [-0.05, 0) is 6.08 Å². The summed E-state index contributed by atoms with van der Waals surface area (Å²) in [5.74, 6) is -0.492. The molecule has 0 rings (SSSR count). The predicted molar refractivity (Wildman–Crippen MR) is 36.2 cm³/mol. The molecule has 0 saturated carbocycles. The zero-order valence-electron chi connectivity index (χ0n) is 5.41. The first-order valence-electron chi connectivity index (χ1n) is 2.39. The average Bonchev–Trinajstić information content (AvgIpc) is 1.89. The Morgan fingerprint density at radius 3 is 2.70 bits per heavy atom. The van der Waals surface area contributed by atoms with E-state index in [4.69, 9.17) is 5.11 Å². The van der Waals surface area contributed by atoms with Gasteiger partial charge in [0.25, 0.3) is 0 Å². The fourth-order valence-electron chi connectivity index (χ4n) is 0.232. The first kappa shape index (κ1) is 11.5. The number of esters is 1. The van der Waals surface area contributed by atoms with Crippen molar-refractivity contribution in [2.24, 2.45) is 0 Å². The van der Waals surface area contributed by atoms with Gasteiger partial charge in [-0.2, -0.15) is 0 Å². The largest absolute Gasteiger partial charge is 0.516 e. The molecule has 0 aromatic rings. The van der Waals surface area contributed by atoms with Gasteiger partial charge in [-0.1, -0.05) is 6.58 Å². The molecular formula is C7H8O3. The number of hydrogen-bond acceptors (Lipinski definition) is 3. The van der Waals surface area contributed by atoms with Crippen LogP contribution in [-0.2, 0) is 9.53 Å². The molecule has 0 aliphatic rings. The van der Waals surface area contributed by atoms with E-state index in [1.165, 1.54) is 6.08 Å². The molecule has 0 aromatic heterocycles. The lowest BCUT2D eigenvalue weighted by atomic mass is 10.6. The second-order valence-corrected chi connectivity index (χ2v) is 1.22. The van der Waals surface area contributed by atoms with Crippen molar-refractivity contribution in [2.45, 2.75) is 0 Å². The Bertz CT molecular complexity index is 127. The fraction of sp³-hybridized carbons (Fsp3) is 0.143. The molecule has 0 unspecified atom stereocenters. The molecule has 10 heavy (non-hydrogen) atoms. The summed E-state index contributed by atoms with van der Waals surface area (Å²) in [6.45, 7) is 3.26. The van der Waals surface area contributed by atoms with Crippen LogP contribution in [0.1, 0.15) is 0 Å². The van der Waals surface area contributed by atoms with E-state index >= 15 is 0 Å². The summed E-state index contributed by atoms with van der Waals surface area (Å²) in [6.07, 6.45) is 3.18. The normalized spacial score (nSPS) is 8.40. The van der Waals surface area contributed by atoms with Crippen molar-refractivity contribution >= 4 is 5.97 Å². The number of carbonyl (C=O) groups is 1. The summed E-state index contributed by atoms with van der Waals surface area (Å²) in [5, 5.41) is 8.05. The van der Waals surface area contributed by atoms with E-state index in [1.54, 1.807) is 0 Å². The maximum absolute atomic E-state index is 10.2. The van der Waals surface area contributed by atoms with Crippen LogP contribution in [0.5, 0.6) is 0 Å². The number of hydrogen-bond donors (Lipinski definition) is 1. The van der Waals surface area contributed by atoms with Crippen LogP contribution in [0, 0.1) is 7.43 Å². The summed E-state index contributed by atoms with van der Waals surface area (Å²) >= 11 is 0. The van der Waals surface area contributed by atoms with Gasteiger partial charge in [-0.25, -0.2) is 4.79 Å². The minimum Gasteiger partial charge on any atom is -0.516 e. The van der Waals surface area contributed by atoms with E-state index in [-0.39, 0.29) is 14.0 Å². The van der Waals surface area contributed by atoms with Crippen LogP contribution >= 0.6 is 0 Å². The molecule has 54 valence electrons. The van der Waals surface area contributed by atoms with Gasteiger partial charge in [0, 0.05) is 13.5 Å². The highest BCUT2D eigenvalue weighted by Gasteiger charge is 1.88. The Labute approximate surface area is 60.6 Å². The molecule has 0 amide bonds. The van der Waals surface area contributed by atoms with Crippen LogP contribution in [0.2, 0.25) is 0 Å². The zero-order chi connectivity index (χ0) is 7.11. The van der Waals surface area contributed by atoms with Gasteiger partial charge in [-0.3, -0.25) is 0 Å². The van der Waals surface area contributed by atoms with Crippen LogP contribution in [0.25, 0.3) is 0 Å². The van der Waals surface area contributed by atoms with Gasteiger partial charge in [0.15, 0.2) is 0 Å². The van der Waals surface area contributed by atoms with Gasteiger partial charge in [0.05, 0.1) is 6.26 Å². The Kier molecular flexibility index (Phi) is 8.94. The molecule has 0 heterocycles. The van der Waals surface area contributed by atoms with Crippen molar-refractivity contribution in [1.29, 1.82) is 0 Å². The van der Waals surface area contributed by atoms with Gasteiger partial charge < -0.3 is 9.84 Å². The van der Waals surface area contributed by atoms with Crippen molar-refractivity contribution in [2.75, 3.05) is 6.61 Å². The van der Waals surface area contributed by atoms with Crippen LogP contribution in [-0.4, -0.2) is 17.7 Å². The maximum Gasteiger partial charge on any atom is 0.330 e. The lowest BCUT2D eigenvalue weighted by Gasteiger charge is -1.92. The molecule has 0 atom stereocenters. The minimum absolute atomic E-state index is 0. The van der Waals surface area contributed by atoms with Crippen molar-refractivity contribution in [3.63, 3.8) is 0 Å². The molecule has 0 saturated heterocycles. The standard InChI is InChI=1S/C6H8O3.C/c1-2-6(8)9-5-3-4-7;/h2-4,7H,1,5H2;. The smallest absolute Gasteiger partial charge is 0.330 e. The van der Waals surface area contributed by atoms with E-state index in [1.807, 2.05) is 0 Å². The van der Waals surface area contributed by atoms with E-state index in [2.05, 4.69) is 11.3 Å². The molecule has 0 spiro atoms. The summed E-state index contributed by atoms with van der Waals surface area (Å²) in [6, 6.07) is 0. The van der Waals surface area contributed by atoms with Crippen LogP contribution in [0.4, 0.5) is 0 Å². The van der Waals surface area contributed by atoms with Crippen molar-refractivity contribution in [1.82, 2.24) is 0 Å². The van der Waals surface area contributed by atoms with Gasteiger partial charge >= 0.3 is 5.97 Å². The molecule has 4 radical (unpaired) electrons. The minimum atomic E-state index is -0.492. The first-order valence-corrected chi connectivity index (χ1v) is 2.39. The number of aliphatic hydroxyl groups excluding tert-OH is 1. The van der Waals surface area contributed by atoms with E-state index in [9.17, 15) is 4.79 Å². The Morgan fingerprint density at radius 2 is 2.30 bits per heavy atom. The second kappa shape index (κ2) is 7.75. The Hall–Kier alpha value is -1.25. The Balaban J connectivity index is 0. The molecule has 0 aliphatic heterocycles. The number of rotatable bonds is 3. The van der Waals surface area contributed by atoms with Crippen LogP contribution in [0.15, 0.2) is 25.0 Å². The molecule has 1 N–H and O–H groups in total. The molecule has 3 heteroatoms. The van der Waals surface area contributed by atoms with E-state index in [0.29, 0.717) is 0 Å². The van der Waals surface area contributed by atoms with E-state index in [0.717, 1.165) is 12.3 Å². The van der Waals surface area contributed by atoms with Crippen LogP contribution < -0.4 is 0 Å². The number of ether oxygens (including phenoxy) is 1. The summed E-state index contributed by atoms with van der Waals surface area (Å²) < 4.78 is 4.43. The third-order valence-corrected chi connectivity index (χ3v) is 0.594. The zero-order valence-corrected chi connectivity index (χ0v) is 5.41. The monoisotopic (exact) mass is 140 g/mol. The highest BCUT2D eigenvalue weighted by Crippen LogP contribution is 1.78. The third-order valence-electron chi connectivity index (χ3n) is 0.594. The topological polar surface area (TPSA) is 46.5 Å². The lowest BCUT2D eigenvalue weighted by Crippen LogP contribution is -1.98. The van der Waals surface area contributed by atoms with Crippen molar-refractivity contribution < 1.29 is 14.6 Å². The average molecular weight is 140 g/mol. The van der Waals surface area contributed by atoms with Gasteiger partial charge in [0.2, 0.25) is 0 Å². The fourth-order valence-corrected chi connectivity index (χ4v) is 0.232. The maximum atomic E-state index is 10.2. The van der Waals surface area contributed by atoms with Gasteiger partial charge in [-0.15, -0.1) is 0 Å². The number of carbonyl (C=O) groups excluding carboxylic acids is 1.